The minimum Gasteiger partial charge on any atom is -0.478 e. The molecule has 0 amide bonds. The first-order valence-corrected chi connectivity index (χ1v) is 5.15. The Morgan fingerprint density at radius 1 is 1.33 bits per heavy atom. The topological polar surface area (TPSA) is 98.3 Å². The van der Waals surface area contributed by atoms with E-state index in [1.54, 1.807) is 12.1 Å². The lowest BCUT2D eigenvalue weighted by molar-refractivity contribution is 0.0697. The van der Waals surface area contributed by atoms with Crippen molar-refractivity contribution in [3.05, 3.63) is 41.9 Å². The zero-order valence-corrected chi connectivity index (χ0v) is 9.62. The maximum absolute atomic E-state index is 10.9. The van der Waals surface area contributed by atoms with Crippen LogP contribution in [0.1, 0.15) is 16.1 Å². The number of anilines is 1. The molecule has 3 N–H and O–H groups in total. The summed E-state index contributed by atoms with van der Waals surface area (Å²) in [6.07, 6.45) is 2.79. The van der Waals surface area contributed by atoms with Crippen LogP contribution in [0.3, 0.4) is 0 Å². The smallest absolute Gasteiger partial charge is 0.338 e. The van der Waals surface area contributed by atoms with Crippen molar-refractivity contribution in [2.75, 3.05) is 5.73 Å². The normalized spacial score (nSPS) is 10.1. The molecule has 0 aliphatic carbocycles. The first kappa shape index (κ1) is 11.8. The number of aromatic carboxylic acids is 1. The van der Waals surface area contributed by atoms with Gasteiger partial charge in [0.05, 0.1) is 23.6 Å². The van der Waals surface area contributed by atoms with Gasteiger partial charge in [0.1, 0.15) is 5.75 Å². The van der Waals surface area contributed by atoms with Crippen LogP contribution < -0.4 is 10.5 Å². The van der Waals surface area contributed by atoms with Crippen LogP contribution in [-0.4, -0.2) is 21.0 Å². The fourth-order valence-corrected chi connectivity index (χ4v) is 1.32. The average Bonchev–Trinajstić information content (AvgIpc) is 2.34. The molecule has 0 aliphatic heterocycles. The Labute approximate surface area is 103 Å². The van der Waals surface area contributed by atoms with E-state index in [-0.39, 0.29) is 17.1 Å². The Hall–Kier alpha value is -2.63. The molecular weight excluding hydrogens is 234 g/mol. The molecule has 0 aliphatic rings. The SMILES string of the molecule is Cc1ccc(Oc2cc(C(=O)O)c(N)cn2)cn1. The van der Waals surface area contributed by atoms with Gasteiger partial charge in [-0.2, -0.15) is 0 Å². The molecule has 0 bridgehead atoms. The zero-order chi connectivity index (χ0) is 13.1. The predicted molar refractivity (Wildman–Crippen MR) is 64.7 cm³/mol. The summed E-state index contributed by atoms with van der Waals surface area (Å²) >= 11 is 0. The van der Waals surface area contributed by atoms with Crippen LogP contribution in [-0.2, 0) is 0 Å². The molecule has 0 unspecified atom stereocenters. The number of rotatable bonds is 3. The third-order valence-electron chi connectivity index (χ3n) is 2.25. The molecule has 6 heteroatoms. The van der Waals surface area contributed by atoms with Crippen molar-refractivity contribution >= 4 is 11.7 Å². The van der Waals surface area contributed by atoms with Crippen molar-refractivity contribution in [2.24, 2.45) is 0 Å². The number of aromatic nitrogens is 2. The number of carboxylic acids is 1. The standard InChI is InChI=1S/C12H11N3O3/c1-7-2-3-8(5-14-7)18-11-4-9(12(16)17)10(13)6-15-11/h2-6H,13H2,1H3,(H,16,17). The minimum atomic E-state index is -1.12. The molecule has 2 heterocycles. The summed E-state index contributed by atoms with van der Waals surface area (Å²) in [5.41, 5.74) is 6.41. The van der Waals surface area contributed by atoms with Gasteiger partial charge in [-0.05, 0) is 19.1 Å². The lowest BCUT2D eigenvalue weighted by Gasteiger charge is -2.06. The summed E-state index contributed by atoms with van der Waals surface area (Å²) < 4.78 is 5.39. The van der Waals surface area contributed by atoms with Gasteiger partial charge in [-0.1, -0.05) is 0 Å². The van der Waals surface area contributed by atoms with Crippen LogP contribution in [0.2, 0.25) is 0 Å². The monoisotopic (exact) mass is 245 g/mol. The predicted octanol–water partition coefficient (Wildman–Crippen LogP) is 1.86. The lowest BCUT2D eigenvalue weighted by atomic mass is 10.2. The van der Waals surface area contributed by atoms with E-state index < -0.39 is 5.97 Å². The Bertz CT molecular complexity index is 582. The van der Waals surface area contributed by atoms with E-state index in [0.29, 0.717) is 5.75 Å². The molecule has 0 atom stereocenters. The van der Waals surface area contributed by atoms with E-state index in [9.17, 15) is 4.79 Å². The van der Waals surface area contributed by atoms with E-state index >= 15 is 0 Å². The second-order valence-electron chi connectivity index (χ2n) is 3.65. The number of pyridine rings is 2. The highest BCUT2D eigenvalue weighted by atomic mass is 16.5. The molecule has 0 radical (unpaired) electrons. The molecule has 92 valence electrons. The van der Waals surface area contributed by atoms with E-state index in [0.717, 1.165) is 5.69 Å². The van der Waals surface area contributed by atoms with Crippen LogP contribution in [0.25, 0.3) is 0 Å². The summed E-state index contributed by atoms with van der Waals surface area (Å²) in [5, 5.41) is 8.92. The van der Waals surface area contributed by atoms with Crippen LogP contribution in [0.5, 0.6) is 11.6 Å². The van der Waals surface area contributed by atoms with Gasteiger partial charge in [0.15, 0.2) is 0 Å². The van der Waals surface area contributed by atoms with Crippen LogP contribution >= 0.6 is 0 Å². The number of nitrogen functional groups attached to an aromatic ring is 1. The average molecular weight is 245 g/mol. The van der Waals surface area contributed by atoms with Gasteiger partial charge < -0.3 is 15.6 Å². The first-order valence-electron chi connectivity index (χ1n) is 5.15. The molecule has 18 heavy (non-hydrogen) atoms. The van der Waals surface area contributed by atoms with Gasteiger partial charge in [-0.3, -0.25) is 4.98 Å². The van der Waals surface area contributed by atoms with Gasteiger partial charge in [0.2, 0.25) is 5.88 Å². The molecule has 0 spiro atoms. The van der Waals surface area contributed by atoms with Crippen molar-refractivity contribution in [3.8, 4) is 11.6 Å². The maximum Gasteiger partial charge on any atom is 0.338 e. The van der Waals surface area contributed by atoms with Gasteiger partial charge in [-0.15, -0.1) is 0 Å². The molecule has 0 saturated carbocycles. The summed E-state index contributed by atoms with van der Waals surface area (Å²) in [6.45, 7) is 1.85. The quantitative estimate of drug-likeness (QED) is 0.856. The highest BCUT2D eigenvalue weighted by Crippen LogP contribution is 2.22. The minimum absolute atomic E-state index is 0.0416. The number of carboxylic acid groups (broad SMARTS) is 1. The third-order valence-corrected chi connectivity index (χ3v) is 2.25. The van der Waals surface area contributed by atoms with Crippen LogP contribution in [0.15, 0.2) is 30.6 Å². The Kier molecular flexibility index (Phi) is 3.09. The van der Waals surface area contributed by atoms with Crippen molar-refractivity contribution < 1.29 is 14.6 Å². The van der Waals surface area contributed by atoms with E-state index in [2.05, 4.69) is 9.97 Å². The van der Waals surface area contributed by atoms with E-state index in [1.807, 2.05) is 6.92 Å². The fraction of sp³-hybridized carbons (Fsp3) is 0.0833. The number of ether oxygens (including phenoxy) is 1. The number of aryl methyl sites for hydroxylation is 1. The molecule has 0 aromatic carbocycles. The summed E-state index contributed by atoms with van der Waals surface area (Å²) in [4.78, 5) is 18.9. The number of nitrogens with two attached hydrogens (primary N) is 1. The largest absolute Gasteiger partial charge is 0.478 e. The summed E-state index contributed by atoms with van der Waals surface area (Å²) in [5.74, 6) is -0.483. The van der Waals surface area contributed by atoms with E-state index in [4.69, 9.17) is 15.6 Å². The van der Waals surface area contributed by atoms with Crippen molar-refractivity contribution in [1.29, 1.82) is 0 Å². The van der Waals surface area contributed by atoms with Gasteiger partial charge in [-0.25, -0.2) is 9.78 Å². The number of hydrogen-bond donors (Lipinski definition) is 2. The summed E-state index contributed by atoms with van der Waals surface area (Å²) in [7, 11) is 0. The molecule has 2 aromatic rings. The van der Waals surface area contributed by atoms with Crippen molar-refractivity contribution in [2.45, 2.75) is 6.92 Å². The fourth-order valence-electron chi connectivity index (χ4n) is 1.32. The molecule has 0 saturated heterocycles. The molecular formula is C12H11N3O3. The van der Waals surface area contributed by atoms with Crippen molar-refractivity contribution in [1.82, 2.24) is 9.97 Å². The Morgan fingerprint density at radius 3 is 2.72 bits per heavy atom. The second kappa shape index (κ2) is 4.70. The molecule has 2 rings (SSSR count). The number of nitrogens with zero attached hydrogens (tertiary/aromatic N) is 2. The first-order chi connectivity index (χ1) is 8.56. The highest BCUT2D eigenvalue weighted by Gasteiger charge is 2.10. The van der Waals surface area contributed by atoms with Gasteiger partial charge >= 0.3 is 5.97 Å². The van der Waals surface area contributed by atoms with Gasteiger partial charge in [0, 0.05) is 11.8 Å². The van der Waals surface area contributed by atoms with Gasteiger partial charge in [0.25, 0.3) is 0 Å². The Balaban J connectivity index is 2.27. The molecule has 0 fully saturated rings. The number of hydrogen-bond acceptors (Lipinski definition) is 5. The third kappa shape index (κ3) is 2.54. The second-order valence-corrected chi connectivity index (χ2v) is 3.65. The van der Waals surface area contributed by atoms with Crippen LogP contribution in [0.4, 0.5) is 5.69 Å². The Morgan fingerprint density at radius 2 is 2.11 bits per heavy atom. The maximum atomic E-state index is 10.9. The zero-order valence-electron chi connectivity index (χ0n) is 9.62. The number of carbonyl (C=O) groups is 1. The van der Waals surface area contributed by atoms with Crippen molar-refractivity contribution in [3.63, 3.8) is 0 Å². The summed E-state index contributed by atoms with van der Waals surface area (Å²) in [6, 6.07) is 4.78. The molecule has 2 aromatic heterocycles. The molecule has 6 nitrogen and oxygen atoms in total. The lowest BCUT2D eigenvalue weighted by Crippen LogP contribution is -2.03. The van der Waals surface area contributed by atoms with Crippen LogP contribution in [0, 0.1) is 6.92 Å². The van der Waals surface area contributed by atoms with E-state index in [1.165, 1.54) is 18.5 Å². The highest BCUT2D eigenvalue weighted by molar-refractivity contribution is 5.93.